The van der Waals surface area contributed by atoms with Crippen molar-refractivity contribution in [3.8, 4) is 0 Å². The number of aliphatic hydroxyl groups is 1. The molecule has 2 unspecified atom stereocenters. The Kier molecular flexibility index (Phi) is 4.11. The monoisotopic (exact) mass is 398 g/mol. The number of hydrogen-bond donors (Lipinski definition) is 2. The minimum atomic E-state index is -0.902. The number of rotatable bonds is 5. The number of nitrogens with zero attached hydrogens (tertiary/aromatic N) is 3. The molecule has 0 bridgehead atoms. The molecule has 1 amide bonds. The Labute approximate surface area is 171 Å². The van der Waals surface area contributed by atoms with Crippen LogP contribution in [0, 0.1) is 24.7 Å². The Balaban J connectivity index is 1.23. The molecule has 2 saturated carbocycles. The van der Waals surface area contributed by atoms with Gasteiger partial charge in [0, 0.05) is 25.2 Å². The highest BCUT2D eigenvalue weighted by Crippen LogP contribution is 2.54. The summed E-state index contributed by atoms with van der Waals surface area (Å²) in [4.78, 5) is 19.6. The first-order valence-electron chi connectivity index (χ1n) is 10.5. The van der Waals surface area contributed by atoms with Gasteiger partial charge in [0.05, 0.1) is 22.9 Å². The molecule has 0 aromatic carbocycles. The number of fused-ring (bicyclic) bond motifs is 2. The second-order valence-corrected chi connectivity index (χ2v) is 9.96. The van der Waals surface area contributed by atoms with E-state index in [2.05, 4.69) is 27.7 Å². The van der Waals surface area contributed by atoms with Gasteiger partial charge in [0.25, 0.3) is 0 Å². The lowest BCUT2D eigenvalue weighted by atomic mass is 10.2. The third-order valence-corrected chi connectivity index (χ3v) is 6.62. The largest absolute Gasteiger partial charge is 0.356 e. The van der Waals surface area contributed by atoms with Crippen molar-refractivity contribution in [2.24, 2.45) is 17.8 Å². The summed E-state index contributed by atoms with van der Waals surface area (Å²) in [5.41, 5.74) is 1.55. The second kappa shape index (κ2) is 6.27. The van der Waals surface area contributed by atoms with Crippen molar-refractivity contribution in [2.45, 2.75) is 58.1 Å². The fraction of sp³-hybridized carbons (Fsp3) is 0.636. The van der Waals surface area contributed by atoms with Crippen LogP contribution in [0.1, 0.15) is 45.0 Å². The molecular weight excluding hydrogens is 368 g/mol. The summed E-state index contributed by atoms with van der Waals surface area (Å²) in [5.74, 6) is 1.73. The second-order valence-electron chi connectivity index (χ2n) is 9.96. The van der Waals surface area contributed by atoms with Gasteiger partial charge in [-0.2, -0.15) is 0 Å². The molecule has 5 rings (SSSR count). The van der Waals surface area contributed by atoms with Crippen molar-refractivity contribution < 1.29 is 14.6 Å². The molecule has 0 radical (unpaired) electrons. The lowest BCUT2D eigenvalue weighted by Crippen LogP contribution is -2.44. The van der Waals surface area contributed by atoms with Gasteiger partial charge in [-0.25, -0.2) is 4.98 Å². The highest BCUT2D eigenvalue weighted by molar-refractivity contribution is 5.84. The van der Waals surface area contributed by atoms with E-state index in [1.165, 1.54) is 5.56 Å². The van der Waals surface area contributed by atoms with E-state index in [-0.39, 0.29) is 17.4 Å². The first kappa shape index (κ1) is 19.0. The van der Waals surface area contributed by atoms with E-state index in [4.69, 9.17) is 4.74 Å². The average molecular weight is 399 g/mol. The van der Waals surface area contributed by atoms with Crippen LogP contribution in [0.5, 0.6) is 0 Å². The molecule has 1 saturated heterocycles. The molecule has 1 aliphatic heterocycles. The fourth-order valence-electron chi connectivity index (χ4n) is 4.88. The summed E-state index contributed by atoms with van der Waals surface area (Å²) in [5, 5.41) is 13.6. The van der Waals surface area contributed by atoms with Gasteiger partial charge in [0.1, 0.15) is 5.82 Å². The fourth-order valence-corrected chi connectivity index (χ4v) is 4.88. The highest BCUT2D eigenvalue weighted by Gasteiger charge is 2.62. The van der Waals surface area contributed by atoms with Crippen LogP contribution in [-0.4, -0.2) is 50.4 Å². The molecular formula is C22H30N4O3. The molecule has 0 spiro atoms. The van der Waals surface area contributed by atoms with Gasteiger partial charge in [-0.15, -0.1) is 0 Å². The number of aryl methyl sites for hydroxylation is 1. The minimum absolute atomic E-state index is 0.0403. The Morgan fingerprint density at radius 3 is 2.66 bits per heavy atom. The van der Waals surface area contributed by atoms with E-state index in [0.717, 1.165) is 24.2 Å². The number of amides is 1. The lowest BCUT2D eigenvalue weighted by Gasteiger charge is -2.31. The number of ether oxygens (including phenoxy) is 1. The van der Waals surface area contributed by atoms with Gasteiger partial charge in [-0.3, -0.25) is 9.69 Å². The van der Waals surface area contributed by atoms with Crippen LogP contribution in [0.15, 0.2) is 24.5 Å². The predicted molar refractivity (Wildman–Crippen MR) is 108 cm³/mol. The molecule has 3 fully saturated rings. The number of hydrogen-bond acceptors (Lipinski definition) is 5. The SMILES string of the molecule is Cc1cccn2c(C3(NC(=O)C4[C@H]5CN(C(O)OC(C)(C)C)C[C@@H]45)CC3)ncc12. The summed E-state index contributed by atoms with van der Waals surface area (Å²) < 4.78 is 7.76. The van der Waals surface area contributed by atoms with E-state index < -0.39 is 12.0 Å². The molecule has 7 heteroatoms. The Morgan fingerprint density at radius 2 is 2.03 bits per heavy atom. The van der Waals surface area contributed by atoms with E-state index in [0.29, 0.717) is 24.9 Å². The standard InChI is InChI=1S/C22H30N4O3/c1-13-6-5-9-26-16(13)10-23-19(26)22(7-8-22)24-18(27)17-14-11-25(12-15(14)17)20(28)29-21(2,3)4/h5-6,9-10,14-15,17,20,28H,7-8,11-12H2,1-4H3,(H,24,27)/t14-,15+,17?,20?. The first-order valence-corrected chi connectivity index (χ1v) is 10.5. The molecule has 4 atom stereocenters. The number of nitrogens with one attached hydrogen (secondary N) is 1. The van der Waals surface area contributed by atoms with Crippen molar-refractivity contribution in [2.75, 3.05) is 13.1 Å². The van der Waals surface area contributed by atoms with Gasteiger partial charge in [-0.05, 0) is 64.0 Å². The molecule has 3 heterocycles. The van der Waals surface area contributed by atoms with Gasteiger partial charge in [-0.1, -0.05) is 6.07 Å². The molecule has 7 nitrogen and oxygen atoms in total. The molecule has 2 aromatic heterocycles. The van der Waals surface area contributed by atoms with Crippen LogP contribution in [-0.2, 0) is 15.1 Å². The minimum Gasteiger partial charge on any atom is -0.356 e. The molecule has 156 valence electrons. The van der Waals surface area contributed by atoms with E-state index >= 15 is 0 Å². The van der Waals surface area contributed by atoms with Crippen LogP contribution < -0.4 is 5.32 Å². The maximum atomic E-state index is 13.0. The van der Waals surface area contributed by atoms with Gasteiger partial charge in [0.15, 0.2) is 0 Å². The van der Waals surface area contributed by atoms with Gasteiger partial charge < -0.3 is 19.6 Å². The Bertz CT molecular complexity index is 947. The first-order chi connectivity index (χ1) is 13.7. The Morgan fingerprint density at radius 1 is 1.34 bits per heavy atom. The molecule has 2 N–H and O–H groups in total. The van der Waals surface area contributed by atoms with Crippen molar-refractivity contribution in [3.63, 3.8) is 0 Å². The molecule has 2 aliphatic carbocycles. The molecule has 3 aliphatic rings. The number of aliphatic hydroxyl groups excluding tert-OH is 1. The summed E-state index contributed by atoms with van der Waals surface area (Å²) >= 11 is 0. The van der Waals surface area contributed by atoms with Crippen LogP contribution in [0.4, 0.5) is 0 Å². The van der Waals surface area contributed by atoms with E-state index in [1.807, 2.05) is 44.1 Å². The topological polar surface area (TPSA) is 79.1 Å². The van der Waals surface area contributed by atoms with Crippen molar-refractivity contribution in [1.29, 1.82) is 0 Å². The summed E-state index contributed by atoms with van der Waals surface area (Å²) in [7, 11) is 0. The van der Waals surface area contributed by atoms with Crippen molar-refractivity contribution >= 4 is 11.4 Å². The number of imidazole rings is 1. The van der Waals surface area contributed by atoms with E-state index in [9.17, 15) is 9.90 Å². The summed E-state index contributed by atoms with van der Waals surface area (Å²) in [6.07, 6.45) is 4.88. The number of piperidine rings is 1. The Hall–Kier alpha value is -1.96. The number of likely N-dealkylation sites (tertiary alicyclic amines) is 1. The van der Waals surface area contributed by atoms with E-state index in [1.54, 1.807) is 0 Å². The predicted octanol–water partition coefficient (Wildman–Crippen LogP) is 2.02. The highest BCUT2D eigenvalue weighted by atomic mass is 16.6. The van der Waals surface area contributed by atoms with Crippen LogP contribution >= 0.6 is 0 Å². The zero-order chi connectivity index (χ0) is 20.6. The van der Waals surface area contributed by atoms with Crippen molar-refractivity contribution in [3.05, 3.63) is 35.9 Å². The zero-order valence-corrected chi connectivity index (χ0v) is 17.6. The van der Waals surface area contributed by atoms with Crippen LogP contribution in [0.2, 0.25) is 0 Å². The smallest absolute Gasteiger partial charge is 0.224 e. The number of pyridine rings is 1. The lowest BCUT2D eigenvalue weighted by molar-refractivity contribution is -0.236. The molecule has 2 aromatic rings. The zero-order valence-electron chi connectivity index (χ0n) is 17.6. The quantitative estimate of drug-likeness (QED) is 0.754. The third-order valence-electron chi connectivity index (χ3n) is 6.62. The number of carbonyl (C=O) groups is 1. The van der Waals surface area contributed by atoms with Gasteiger partial charge in [0.2, 0.25) is 12.3 Å². The van der Waals surface area contributed by atoms with Gasteiger partial charge >= 0.3 is 0 Å². The van der Waals surface area contributed by atoms with Crippen LogP contribution in [0.25, 0.3) is 5.52 Å². The third kappa shape index (κ3) is 3.25. The number of aromatic nitrogens is 2. The molecule has 29 heavy (non-hydrogen) atoms. The summed E-state index contributed by atoms with van der Waals surface area (Å²) in [6.45, 7) is 9.28. The van der Waals surface area contributed by atoms with Crippen LogP contribution in [0.3, 0.4) is 0 Å². The number of carbonyl (C=O) groups excluding carboxylic acids is 1. The maximum Gasteiger partial charge on any atom is 0.224 e. The van der Waals surface area contributed by atoms with Crippen molar-refractivity contribution in [1.82, 2.24) is 19.6 Å². The normalized spacial score (nSPS) is 28.9. The average Bonchev–Trinajstić information content (AvgIpc) is 3.42. The summed E-state index contributed by atoms with van der Waals surface area (Å²) in [6, 6.07) is 4.10. The maximum absolute atomic E-state index is 13.0.